The monoisotopic (exact) mass is 558 g/mol. The maximum Gasteiger partial charge on any atom is 0.256 e. The molecule has 214 valence electrons. The third kappa shape index (κ3) is 5.37. The summed E-state index contributed by atoms with van der Waals surface area (Å²) in [5, 5.41) is 24.7. The van der Waals surface area contributed by atoms with Gasteiger partial charge in [-0.2, -0.15) is 5.10 Å². The van der Waals surface area contributed by atoms with Crippen LogP contribution in [0.4, 0.5) is 10.1 Å². The Morgan fingerprint density at radius 2 is 1.90 bits per heavy atom. The molecule has 2 aromatic heterocycles. The van der Waals surface area contributed by atoms with E-state index in [4.69, 9.17) is 4.74 Å². The number of H-pyrrole nitrogens is 1. The van der Waals surface area contributed by atoms with Gasteiger partial charge in [-0.1, -0.05) is 12.1 Å². The zero-order valence-electron chi connectivity index (χ0n) is 23.3. The van der Waals surface area contributed by atoms with Crippen LogP contribution in [0.25, 0.3) is 33.4 Å². The lowest BCUT2D eigenvalue weighted by atomic mass is 9.92. The molecule has 4 N–H and O–H groups in total. The second-order valence-electron chi connectivity index (χ2n) is 10.9. The first-order valence-corrected chi connectivity index (χ1v) is 14.2. The van der Waals surface area contributed by atoms with Gasteiger partial charge in [0.05, 0.1) is 30.2 Å². The molecule has 6 rings (SSSR count). The van der Waals surface area contributed by atoms with Crippen LogP contribution in [0, 0.1) is 5.82 Å². The molecule has 41 heavy (non-hydrogen) atoms. The minimum atomic E-state index is -0.487. The molecule has 0 radical (unpaired) electrons. The number of carbonyl (C=O) groups is 1. The number of anilines is 1. The minimum absolute atomic E-state index is 0.0127. The number of carbonyl (C=O) groups excluding carboxylic acids is 1. The van der Waals surface area contributed by atoms with Crippen molar-refractivity contribution in [3.8, 4) is 28.1 Å². The molecule has 1 unspecified atom stereocenters. The molecule has 10 heteroatoms. The summed E-state index contributed by atoms with van der Waals surface area (Å²) in [7, 11) is 3.51. The molecule has 2 fully saturated rings. The Morgan fingerprint density at radius 3 is 2.66 bits per heavy atom. The van der Waals surface area contributed by atoms with Crippen LogP contribution in [0.3, 0.4) is 0 Å². The third-order valence-corrected chi connectivity index (χ3v) is 8.37. The molecular weight excluding hydrogens is 523 g/mol. The Hall–Kier alpha value is -4.02. The summed E-state index contributed by atoms with van der Waals surface area (Å²) in [6, 6.07) is 13.0. The van der Waals surface area contributed by atoms with Crippen LogP contribution in [0.2, 0.25) is 0 Å². The average molecular weight is 559 g/mol. The summed E-state index contributed by atoms with van der Waals surface area (Å²) >= 11 is 0. The maximum atomic E-state index is 16.0. The van der Waals surface area contributed by atoms with Crippen LogP contribution in [0.15, 0.2) is 48.7 Å². The van der Waals surface area contributed by atoms with Gasteiger partial charge in [0.1, 0.15) is 11.6 Å². The number of aromatic nitrogens is 3. The van der Waals surface area contributed by atoms with Gasteiger partial charge in [0, 0.05) is 47.9 Å². The number of aromatic amines is 1. The zero-order valence-corrected chi connectivity index (χ0v) is 23.3. The maximum absolute atomic E-state index is 16.0. The topological polar surface area (TPSA) is 115 Å². The number of para-hydroxylation sites is 1. The van der Waals surface area contributed by atoms with E-state index in [2.05, 4.69) is 25.8 Å². The quantitative estimate of drug-likeness (QED) is 0.262. The lowest BCUT2D eigenvalue weighted by molar-refractivity contribution is 0.0790. The summed E-state index contributed by atoms with van der Waals surface area (Å²) in [5.41, 5.74) is 3.87. The number of aliphatic hydroxyl groups is 1. The van der Waals surface area contributed by atoms with Gasteiger partial charge in [0.15, 0.2) is 5.65 Å². The molecule has 1 saturated carbocycles. The van der Waals surface area contributed by atoms with E-state index in [9.17, 15) is 9.90 Å². The first kappa shape index (κ1) is 27.2. The van der Waals surface area contributed by atoms with E-state index in [1.807, 2.05) is 37.4 Å². The summed E-state index contributed by atoms with van der Waals surface area (Å²) < 4.78 is 21.5. The van der Waals surface area contributed by atoms with Gasteiger partial charge in [-0.25, -0.2) is 9.37 Å². The van der Waals surface area contributed by atoms with Gasteiger partial charge in [-0.3, -0.25) is 9.89 Å². The molecule has 1 aliphatic carbocycles. The van der Waals surface area contributed by atoms with Crippen molar-refractivity contribution < 1.29 is 19.0 Å². The van der Waals surface area contributed by atoms with Crippen molar-refractivity contribution in [1.82, 2.24) is 25.4 Å². The van der Waals surface area contributed by atoms with Crippen molar-refractivity contribution in [2.24, 2.45) is 0 Å². The van der Waals surface area contributed by atoms with Crippen LogP contribution >= 0.6 is 0 Å². The number of fused-ring (bicyclic) bond motifs is 1. The number of benzene rings is 2. The van der Waals surface area contributed by atoms with Crippen LogP contribution in [0.5, 0.6) is 5.75 Å². The van der Waals surface area contributed by atoms with E-state index in [0.717, 1.165) is 23.1 Å². The number of likely N-dealkylation sites (tertiary alicyclic amines) is 1. The minimum Gasteiger partial charge on any atom is -0.496 e. The Kier molecular flexibility index (Phi) is 7.59. The summed E-state index contributed by atoms with van der Waals surface area (Å²) in [6.45, 7) is 1.18. The molecule has 0 spiro atoms. The molecule has 1 aliphatic heterocycles. The first-order chi connectivity index (χ1) is 19.9. The van der Waals surface area contributed by atoms with Crippen molar-refractivity contribution in [2.45, 2.75) is 50.3 Å². The van der Waals surface area contributed by atoms with E-state index >= 15 is 4.39 Å². The molecule has 9 nitrogen and oxygen atoms in total. The van der Waals surface area contributed by atoms with Gasteiger partial charge in [-0.05, 0) is 75.0 Å². The Labute approximate surface area is 238 Å². The van der Waals surface area contributed by atoms with Gasteiger partial charge >= 0.3 is 0 Å². The molecule has 1 atom stereocenters. The second kappa shape index (κ2) is 11.5. The summed E-state index contributed by atoms with van der Waals surface area (Å²) in [4.78, 5) is 20.2. The van der Waals surface area contributed by atoms with Crippen LogP contribution in [-0.2, 0) is 0 Å². The first-order valence-electron chi connectivity index (χ1n) is 14.2. The van der Waals surface area contributed by atoms with Crippen LogP contribution in [0.1, 0.15) is 42.5 Å². The number of methoxy groups -OCH3 is 1. The van der Waals surface area contributed by atoms with Gasteiger partial charge < -0.3 is 25.4 Å². The lowest BCUT2D eigenvalue weighted by Gasteiger charge is -2.29. The molecule has 2 aromatic carbocycles. The number of hydrogen-bond donors (Lipinski definition) is 4. The van der Waals surface area contributed by atoms with Gasteiger partial charge in [-0.15, -0.1) is 0 Å². The Morgan fingerprint density at radius 1 is 1.10 bits per heavy atom. The van der Waals surface area contributed by atoms with Crippen molar-refractivity contribution >= 4 is 22.6 Å². The Balaban J connectivity index is 1.41. The molecule has 4 aromatic rings. The van der Waals surface area contributed by atoms with Crippen molar-refractivity contribution in [3.63, 3.8) is 0 Å². The van der Waals surface area contributed by atoms with E-state index in [1.165, 1.54) is 6.07 Å². The number of nitrogens with zero attached hydrogens (tertiary/aromatic N) is 3. The summed E-state index contributed by atoms with van der Waals surface area (Å²) in [6.07, 6.45) is 4.92. The molecule has 1 amide bonds. The highest BCUT2D eigenvalue weighted by molar-refractivity contribution is 6.02. The number of hydrogen-bond acceptors (Lipinski definition) is 7. The van der Waals surface area contributed by atoms with Gasteiger partial charge in [0.2, 0.25) is 0 Å². The number of pyridine rings is 1. The zero-order chi connectivity index (χ0) is 28.5. The molecule has 3 heterocycles. The van der Waals surface area contributed by atoms with Crippen LogP contribution in [-0.4, -0.2) is 76.5 Å². The fourth-order valence-corrected chi connectivity index (χ4v) is 5.98. The lowest BCUT2D eigenvalue weighted by Crippen LogP contribution is -2.35. The smallest absolute Gasteiger partial charge is 0.256 e. The largest absolute Gasteiger partial charge is 0.496 e. The number of ether oxygens (including phenoxy) is 1. The number of rotatable bonds is 7. The third-order valence-electron chi connectivity index (χ3n) is 8.37. The fourth-order valence-electron chi connectivity index (χ4n) is 5.98. The normalized spacial score (nSPS) is 20.9. The summed E-state index contributed by atoms with van der Waals surface area (Å²) in [5.74, 6) is 0.00556. The highest BCUT2D eigenvalue weighted by Crippen LogP contribution is 2.36. The predicted octanol–water partition coefficient (Wildman–Crippen LogP) is 4.59. The molecule has 2 aliphatic rings. The SMILES string of the molecule is CNC1CCN(C(=O)c2cc(-c3cnc4n[nH]c(-c5ccccc5OC)c4c3)cc(F)c2NC2CCC(O)CC2)C1. The number of nitrogens with one attached hydrogen (secondary N) is 3. The van der Waals surface area contributed by atoms with Crippen molar-refractivity contribution in [3.05, 3.63) is 60.0 Å². The van der Waals surface area contributed by atoms with Crippen molar-refractivity contribution in [2.75, 3.05) is 32.6 Å². The van der Waals surface area contributed by atoms with Crippen LogP contribution < -0.4 is 15.4 Å². The molecule has 0 bridgehead atoms. The fraction of sp³-hybridized carbons (Fsp3) is 0.387. The van der Waals surface area contributed by atoms with Crippen molar-refractivity contribution in [1.29, 1.82) is 0 Å². The number of aliphatic hydroxyl groups excluding tert-OH is 1. The number of likely N-dealkylation sites (N-methyl/N-ethyl adjacent to an activating group) is 1. The second-order valence-corrected chi connectivity index (χ2v) is 10.9. The van der Waals surface area contributed by atoms with E-state index in [1.54, 1.807) is 24.3 Å². The average Bonchev–Trinajstić information content (AvgIpc) is 3.66. The highest BCUT2D eigenvalue weighted by atomic mass is 19.1. The predicted molar refractivity (Wildman–Crippen MR) is 157 cm³/mol. The standard InChI is InChI=1S/C31H35FN6O3/c1-33-21-11-12-38(17-21)31(40)25-13-18(15-26(32)29(25)35-20-7-9-22(39)10-8-20)19-14-24-28(36-37-30(24)34-16-19)23-5-3-4-6-27(23)41-2/h3-6,13-16,20-22,33,35,39H,7-12,17H2,1-2H3,(H,34,36,37). The molecule has 1 saturated heterocycles. The van der Waals surface area contributed by atoms with E-state index in [0.29, 0.717) is 66.9 Å². The Bertz CT molecular complexity index is 1560. The molecular formula is C31H35FN6O3. The number of halogens is 1. The highest BCUT2D eigenvalue weighted by Gasteiger charge is 2.30. The van der Waals surface area contributed by atoms with E-state index < -0.39 is 5.82 Å². The number of amides is 1. The van der Waals surface area contributed by atoms with E-state index in [-0.39, 0.29) is 29.8 Å². The van der Waals surface area contributed by atoms with Gasteiger partial charge in [0.25, 0.3) is 5.91 Å².